The number of benzene rings is 2. The fraction of sp³-hybridized carbons (Fsp3) is 0.382. The van der Waals surface area contributed by atoms with Gasteiger partial charge in [0.1, 0.15) is 5.82 Å². The number of allylic oxidation sites excluding steroid dienone is 1. The Morgan fingerprint density at radius 3 is 2.50 bits per heavy atom. The molecule has 6 rings (SSSR count). The van der Waals surface area contributed by atoms with Crippen LogP contribution in [0.2, 0.25) is 0 Å². The zero-order valence-electron chi connectivity index (χ0n) is 24.1. The summed E-state index contributed by atoms with van der Waals surface area (Å²) in [4.78, 5) is 7.86. The Labute approximate surface area is 238 Å². The van der Waals surface area contributed by atoms with Crippen molar-refractivity contribution in [3.63, 3.8) is 0 Å². The second kappa shape index (κ2) is 11.4. The van der Waals surface area contributed by atoms with E-state index in [9.17, 15) is 0 Å². The number of piperidine rings is 1. The van der Waals surface area contributed by atoms with Crippen molar-refractivity contribution < 1.29 is 9.47 Å². The molecule has 1 aliphatic carbocycles. The van der Waals surface area contributed by atoms with Gasteiger partial charge in [0, 0.05) is 34.8 Å². The molecule has 1 saturated heterocycles. The van der Waals surface area contributed by atoms with Crippen LogP contribution in [0.3, 0.4) is 0 Å². The number of ether oxygens (including phenoxy) is 2. The van der Waals surface area contributed by atoms with Gasteiger partial charge in [-0.15, -0.1) is 0 Å². The fourth-order valence-electron chi connectivity index (χ4n) is 6.24. The molecule has 0 amide bonds. The van der Waals surface area contributed by atoms with E-state index >= 15 is 0 Å². The fourth-order valence-corrected chi connectivity index (χ4v) is 6.24. The van der Waals surface area contributed by atoms with E-state index in [0.717, 1.165) is 52.0 Å². The molecule has 3 aliphatic rings. The van der Waals surface area contributed by atoms with Gasteiger partial charge in [-0.1, -0.05) is 19.1 Å². The van der Waals surface area contributed by atoms with E-state index in [1.165, 1.54) is 49.9 Å². The SMILES string of the molecule is CC/C=C1\NC=Cc2cc(-c3ccc(OC)c(OC)c3)nc(Nc3ccc(C4CCN(C5CC5)CC4)c(C)c3)c21. The molecule has 2 aromatic carbocycles. The smallest absolute Gasteiger partial charge is 0.161 e. The van der Waals surface area contributed by atoms with Crippen LogP contribution in [0.4, 0.5) is 11.5 Å². The van der Waals surface area contributed by atoms with Gasteiger partial charge in [0.15, 0.2) is 11.5 Å². The zero-order chi connectivity index (χ0) is 27.6. The van der Waals surface area contributed by atoms with E-state index in [1.807, 2.05) is 24.4 Å². The van der Waals surface area contributed by atoms with Crippen LogP contribution in [0.25, 0.3) is 23.0 Å². The second-order valence-electron chi connectivity index (χ2n) is 11.1. The second-order valence-corrected chi connectivity index (χ2v) is 11.1. The summed E-state index contributed by atoms with van der Waals surface area (Å²) < 4.78 is 11.0. The van der Waals surface area contributed by atoms with Crippen LogP contribution < -0.4 is 20.1 Å². The molecule has 6 nitrogen and oxygen atoms in total. The molecule has 6 heteroatoms. The first-order valence-electron chi connectivity index (χ1n) is 14.6. The van der Waals surface area contributed by atoms with Gasteiger partial charge >= 0.3 is 0 Å². The first-order chi connectivity index (χ1) is 19.6. The van der Waals surface area contributed by atoms with E-state index in [4.69, 9.17) is 14.5 Å². The van der Waals surface area contributed by atoms with Crippen molar-refractivity contribution >= 4 is 23.3 Å². The summed E-state index contributed by atoms with van der Waals surface area (Å²) in [6.07, 6.45) is 12.6. The maximum absolute atomic E-state index is 5.58. The maximum atomic E-state index is 5.58. The first-order valence-corrected chi connectivity index (χ1v) is 14.6. The molecule has 40 heavy (non-hydrogen) atoms. The van der Waals surface area contributed by atoms with Crippen molar-refractivity contribution in [2.45, 2.75) is 57.9 Å². The van der Waals surface area contributed by atoms with Crippen LogP contribution >= 0.6 is 0 Å². The van der Waals surface area contributed by atoms with Gasteiger partial charge < -0.3 is 25.0 Å². The summed E-state index contributed by atoms with van der Waals surface area (Å²) in [7, 11) is 3.31. The molecular formula is C34H40N4O2. The van der Waals surface area contributed by atoms with Crippen LogP contribution in [-0.4, -0.2) is 43.2 Å². The molecule has 2 aliphatic heterocycles. The number of aromatic nitrogens is 1. The highest BCUT2D eigenvalue weighted by atomic mass is 16.5. The van der Waals surface area contributed by atoms with Crippen LogP contribution in [0.1, 0.15) is 67.2 Å². The van der Waals surface area contributed by atoms with Crippen LogP contribution in [0, 0.1) is 6.92 Å². The first kappa shape index (κ1) is 26.5. The quantitative estimate of drug-likeness (QED) is 0.311. The molecule has 208 valence electrons. The zero-order valence-corrected chi connectivity index (χ0v) is 24.1. The van der Waals surface area contributed by atoms with E-state index < -0.39 is 0 Å². The number of likely N-dealkylation sites (tertiary alicyclic amines) is 1. The number of rotatable bonds is 8. The Kier molecular flexibility index (Phi) is 7.53. The lowest BCUT2D eigenvalue weighted by atomic mass is 9.86. The Morgan fingerprint density at radius 2 is 1.80 bits per heavy atom. The van der Waals surface area contributed by atoms with Gasteiger partial charge in [-0.05, 0) is 117 Å². The van der Waals surface area contributed by atoms with Crippen molar-refractivity contribution in [3.8, 4) is 22.8 Å². The molecule has 2 N–H and O–H groups in total. The lowest BCUT2D eigenvalue weighted by Crippen LogP contribution is -2.34. The highest BCUT2D eigenvalue weighted by Crippen LogP contribution is 2.39. The third-order valence-electron chi connectivity index (χ3n) is 8.47. The molecular weight excluding hydrogens is 496 g/mol. The number of hydrogen-bond acceptors (Lipinski definition) is 6. The monoisotopic (exact) mass is 536 g/mol. The number of hydrogen-bond donors (Lipinski definition) is 2. The number of nitrogens with one attached hydrogen (secondary N) is 2. The van der Waals surface area contributed by atoms with Gasteiger partial charge in [0.25, 0.3) is 0 Å². The van der Waals surface area contributed by atoms with Gasteiger partial charge in [-0.2, -0.15) is 0 Å². The number of fused-ring (bicyclic) bond motifs is 1. The minimum absolute atomic E-state index is 0.650. The summed E-state index contributed by atoms with van der Waals surface area (Å²) in [5, 5.41) is 7.13. The molecule has 1 saturated carbocycles. The summed E-state index contributed by atoms with van der Waals surface area (Å²) in [6, 6.07) is 15.8. The third kappa shape index (κ3) is 5.33. The molecule has 0 unspecified atom stereocenters. The van der Waals surface area contributed by atoms with E-state index in [1.54, 1.807) is 14.2 Å². The average Bonchev–Trinajstić information content (AvgIpc) is 3.83. The van der Waals surface area contributed by atoms with Crippen LogP contribution in [0.5, 0.6) is 11.5 Å². The van der Waals surface area contributed by atoms with Crippen molar-refractivity contribution in [1.29, 1.82) is 0 Å². The Hall–Kier alpha value is -3.77. The van der Waals surface area contributed by atoms with Gasteiger partial charge in [0.2, 0.25) is 0 Å². The predicted molar refractivity (Wildman–Crippen MR) is 164 cm³/mol. The van der Waals surface area contributed by atoms with Crippen molar-refractivity contribution in [2.24, 2.45) is 0 Å². The van der Waals surface area contributed by atoms with E-state index in [-0.39, 0.29) is 0 Å². The standard InChI is InChI=1S/C34H40N4O2/c1-5-6-29-33-25(13-16-35-29)20-30(24-7-12-31(39-3)32(21-24)40-4)37-34(33)36-26-8-11-28(22(2)19-26)23-14-17-38(18-15-23)27-9-10-27/h6-8,11-13,16,19-21,23,27,35H,5,9-10,14-15,17-18H2,1-4H3,(H,36,37)/b29-6-. The van der Waals surface area contributed by atoms with Gasteiger partial charge in [0.05, 0.1) is 19.9 Å². The molecule has 0 radical (unpaired) electrons. The summed E-state index contributed by atoms with van der Waals surface area (Å²) in [5.74, 6) is 2.88. The lowest BCUT2D eigenvalue weighted by molar-refractivity contribution is 0.203. The Morgan fingerprint density at radius 1 is 1.00 bits per heavy atom. The maximum Gasteiger partial charge on any atom is 0.161 e. The molecule has 3 aromatic rings. The lowest BCUT2D eigenvalue weighted by Gasteiger charge is -2.33. The average molecular weight is 537 g/mol. The number of methoxy groups -OCH3 is 2. The summed E-state index contributed by atoms with van der Waals surface area (Å²) in [6.45, 7) is 6.88. The Balaban J connectivity index is 1.33. The number of anilines is 2. The molecule has 0 atom stereocenters. The van der Waals surface area contributed by atoms with E-state index in [0.29, 0.717) is 17.4 Å². The molecule has 0 bridgehead atoms. The molecule has 3 heterocycles. The minimum Gasteiger partial charge on any atom is -0.493 e. The van der Waals surface area contributed by atoms with Crippen molar-refractivity contribution in [3.05, 3.63) is 77.0 Å². The molecule has 0 spiro atoms. The highest BCUT2D eigenvalue weighted by molar-refractivity contribution is 5.87. The summed E-state index contributed by atoms with van der Waals surface area (Å²) >= 11 is 0. The topological polar surface area (TPSA) is 58.6 Å². The van der Waals surface area contributed by atoms with Crippen LogP contribution in [0.15, 0.2) is 54.7 Å². The normalized spacial score (nSPS) is 18.4. The number of nitrogens with zero attached hydrogens (tertiary/aromatic N) is 2. The minimum atomic E-state index is 0.650. The molecule has 2 fully saturated rings. The molecule has 1 aromatic heterocycles. The van der Waals surface area contributed by atoms with Crippen LogP contribution in [-0.2, 0) is 0 Å². The van der Waals surface area contributed by atoms with Gasteiger partial charge in [-0.25, -0.2) is 4.98 Å². The van der Waals surface area contributed by atoms with Crippen molar-refractivity contribution in [2.75, 3.05) is 32.6 Å². The largest absolute Gasteiger partial charge is 0.493 e. The Bertz CT molecular complexity index is 1450. The van der Waals surface area contributed by atoms with E-state index in [2.05, 4.69) is 65.8 Å². The van der Waals surface area contributed by atoms with Gasteiger partial charge in [-0.3, -0.25) is 0 Å². The summed E-state index contributed by atoms with van der Waals surface area (Å²) in [5.41, 5.74) is 9.03. The predicted octanol–water partition coefficient (Wildman–Crippen LogP) is 7.48. The number of pyridine rings is 1. The van der Waals surface area contributed by atoms with Crippen molar-refractivity contribution in [1.82, 2.24) is 15.2 Å². The highest BCUT2D eigenvalue weighted by Gasteiger charge is 2.32. The third-order valence-corrected chi connectivity index (χ3v) is 8.47. The number of aryl methyl sites for hydroxylation is 1.